The summed E-state index contributed by atoms with van der Waals surface area (Å²) in [6.07, 6.45) is 1.46. The van der Waals surface area contributed by atoms with Crippen molar-refractivity contribution in [3.05, 3.63) is 49.9 Å². The van der Waals surface area contributed by atoms with Crippen LogP contribution in [0.4, 0.5) is 0 Å². The summed E-state index contributed by atoms with van der Waals surface area (Å²) in [5.41, 5.74) is 2.42. The molecule has 2 aromatic rings. The van der Waals surface area contributed by atoms with Crippen molar-refractivity contribution in [1.29, 1.82) is 0 Å². The summed E-state index contributed by atoms with van der Waals surface area (Å²) in [6.45, 7) is 8.49. The molecule has 112 valence electrons. The Bertz CT molecular complexity index is 759. The van der Waals surface area contributed by atoms with Gasteiger partial charge in [0.05, 0.1) is 6.54 Å². The molecular formula is C15H18BrN3O2. The lowest BCUT2D eigenvalue weighted by Crippen LogP contribution is -2.27. The average molecular weight is 352 g/mol. The molecule has 0 spiro atoms. The molecule has 0 N–H and O–H groups in total. The molecule has 5 nitrogen and oxygen atoms in total. The second-order valence-corrected chi connectivity index (χ2v) is 5.85. The fourth-order valence-corrected chi connectivity index (χ4v) is 2.85. The van der Waals surface area contributed by atoms with Crippen LogP contribution in [0, 0.1) is 20.8 Å². The van der Waals surface area contributed by atoms with Gasteiger partial charge in [0.2, 0.25) is 0 Å². The average Bonchev–Trinajstić information content (AvgIpc) is 2.73. The van der Waals surface area contributed by atoms with Gasteiger partial charge in [0.15, 0.2) is 5.78 Å². The Labute approximate surface area is 131 Å². The number of hydrogen-bond donors (Lipinski definition) is 0. The van der Waals surface area contributed by atoms with Crippen LogP contribution in [0.1, 0.15) is 34.5 Å². The first-order valence-corrected chi connectivity index (χ1v) is 7.58. The standard InChI is InChI=1S/C15H18BrN3O2/c1-5-18-9(2)6-12(10(18)3)14(20)8-19-11(4)17-7-13(16)15(19)21/h6-7H,5,8H2,1-4H3. The van der Waals surface area contributed by atoms with Crippen LogP contribution in [0.5, 0.6) is 0 Å². The first kappa shape index (κ1) is 15.7. The van der Waals surface area contributed by atoms with Crippen LogP contribution in [0.15, 0.2) is 21.5 Å². The van der Waals surface area contributed by atoms with Gasteiger partial charge in [0.1, 0.15) is 10.3 Å². The predicted molar refractivity (Wildman–Crippen MR) is 84.8 cm³/mol. The van der Waals surface area contributed by atoms with Crippen LogP contribution in [-0.4, -0.2) is 19.9 Å². The summed E-state index contributed by atoms with van der Waals surface area (Å²) < 4.78 is 3.84. The van der Waals surface area contributed by atoms with E-state index in [-0.39, 0.29) is 17.9 Å². The summed E-state index contributed by atoms with van der Waals surface area (Å²) in [4.78, 5) is 28.7. The highest BCUT2D eigenvalue weighted by Gasteiger charge is 2.17. The van der Waals surface area contributed by atoms with Gasteiger partial charge in [0.25, 0.3) is 5.56 Å². The number of Topliss-reactive ketones (excluding diaryl/α,β-unsaturated/α-hetero) is 1. The minimum Gasteiger partial charge on any atom is -0.349 e. The summed E-state index contributed by atoms with van der Waals surface area (Å²) in [5, 5.41) is 0. The zero-order valence-electron chi connectivity index (χ0n) is 12.6. The third kappa shape index (κ3) is 2.85. The van der Waals surface area contributed by atoms with Gasteiger partial charge in [-0.2, -0.15) is 0 Å². The Hall–Kier alpha value is -1.69. The molecule has 0 atom stereocenters. The molecule has 0 saturated heterocycles. The molecule has 0 aliphatic carbocycles. The second-order valence-electron chi connectivity index (χ2n) is 5.00. The van der Waals surface area contributed by atoms with Crippen molar-refractivity contribution < 1.29 is 4.79 Å². The molecule has 0 aliphatic heterocycles. The SMILES string of the molecule is CCn1c(C)cc(C(=O)Cn2c(C)ncc(Br)c2=O)c1C. The van der Waals surface area contributed by atoms with Gasteiger partial charge < -0.3 is 4.57 Å². The molecule has 2 heterocycles. The molecule has 21 heavy (non-hydrogen) atoms. The molecule has 0 aliphatic rings. The van der Waals surface area contributed by atoms with Crippen LogP contribution in [0.2, 0.25) is 0 Å². The van der Waals surface area contributed by atoms with Gasteiger partial charge in [-0.15, -0.1) is 0 Å². The molecular weight excluding hydrogens is 334 g/mol. The Morgan fingerprint density at radius 3 is 2.52 bits per heavy atom. The highest BCUT2D eigenvalue weighted by atomic mass is 79.9. The van der Waals surface area contributed by atoms with Gasteiger partial charge in [0, 0.05) is 29.7 Å². The molecule has 2 rings (SSSR count). The third-order valence-corrected chi connectivity index (χ3v) is 4.24. The molecule has 2 aromatic heterocycles. The second kappa shape index (κ2) is 5.97. The summed E-state index contributed by atoms with van der Waals surface area (Å²) in [7, 11) is 0. The summed E-state index contributed by atoms with van der Waals surface area (Å²) >= 11 is 3.16. The largest absolute Gasteiger partial charge is 0.349 e. The van der Waals surface area contributed by atoms with Crippen molar-refractivity contribution in [2.45, 2.75) is 40.8 Å². The normalized spacial score (nSPS) is 10.9. The van der Waals surface area contributed by atoms with Gasteiger partial charge in [-0.1, -0.05) is 0 Å². The van der Waals surface area contributed by atoms with E-state index in [0.717, 1.165) is 17.9 Å². The third-order valence-electron chi connectivity index (χ3n) is 3.70. The fraction of sp³-hybridized carbons (Fsp3) is 0.400. The van der Waals surface area contributed by atoms with E-state index < -0.39 is 0 Å². The first-order chi connectivity index (χ1) is 9.86. The van der Waals surface area contributed by atoms with Crippen molar-refractivity contribution in [2.24, 2.45) is 0 Å². The monoisotopic (exact) mass is 351 g/mol. The molecule has 0 aromatic carbocycles. The lowest BCUT2D eigenvalue weighted by Gasteiger charge is -2.09. The number of aryl methyl sites for hydroxylation is 2. The Morgan fingerprint density at radius 2 is 1.95 bits per heavy atom. The molecule has 0 saturated carbocycles. The van der Waals surface area contributed by atoms with Gasteiger partial charge in [-0.25, -0.2) is 4.98 Å². The lowest BCUT2D eigenvalue weighted by molar-refractivity contribution is 0.0968. The van der Waals surface area contributed by atoms with Crippen LogP contribution in [-0.2, 0) is 13.1 Å². The first-order valence-electron chi connectivity index (χ1n) is 6.78. The molecule has 0 unspecified atom stereocenters. The van der Waals surface area contributed by atoms with E-state index in [2.05, 4.69) is 25.5 Å². The zero-order chi connectivity index (χ0) is 15.7. The minimum absolute atomic E-state index is 0.00507. The number of aromatic nitrogens is 3. The maximum Gasteiger partial charge on any atom is 0.268 e. The topological polar surface area (TPSA) is 56.9 Å². The number of carbonyl (C=O) groups is 1. The van der Waals surface area contributed by atoms with Crippen molar-refractivity contribution in [3.63, 3.8) is 0 Å². The number of rotatable bonds is 4. The molecule has 0 fully saturated rings. The number of ketones is 1. The van der Waals surface area contributed by atoms with E-state index in [1.807, 2.05) is 26.8 Å². The van der Waals surface area contributed by atoms with Crippen molar-refractivity contribution in [2.75, 3.05) is 0 Å². The van der Waals surface area contributed by atoms with Gasteiger partial charge >= 0.3 is 0 Å². The fourth-order valence-electron chi connectivity index (χ4n) is 2.54. The summed E-state index contributed by atoms with van der Waals surface area (Å²) in [6, 6.07) is 1.88. The molecule has 0 radical (unpaired) electrons. The smallest absolute Gasteiger partial charge is 0.268 e. The highest BCUT2D eigenvalue weighted by Crippen LogP contribution is 2.16. The van der Waals surface area contributed by atoms with E-state index >= 15 is 0 Å². The van der Waals surface area contributed by atoms with Crippen LogP contribution >= 0.6 is 15.9 Å². The minimum atomic E-state index is -0.236. The van der Waals surface area contributed by atoms with Crippen molar-refractivity contribution in [3.8, 4) is 0 Å². The molecule has 0 amide bonds. The van der Waals surface area contributed by atoms with Crippen molar-refractivity contribution >= 4 is 21.7 Å². The van der Waals surface area contributed by atoms with Gasteiger partial charge in [-0.3, -0.25) is 14.2 Å². The Morgan fingerprint density at radius 1 is 1.29 bits per heavy atom. The Kier molecular flexibility index (Phi) is 4.46. The van der Waals surface area contributed by atoms with E-state index in [1.54, 1.807) is 6.92 Å². The molecule has 6 heteroatoms. The van der Waals surface area contributed by atoms with Crippen molar-refractivity contribution in [1.82, 2.24) is 14.1 Å². The molecule has 0 bridgehead atoms. The van der Waals surface area contributed by atoms with Gasteiger partial charge in [-0.05, 0) is 49.7 Å². The lowest BCUT2D eigenvalue weighted by atomic mass is 10.1. The summed E-state index contributed by atoms with van der Waals surface area (Å²) in [5.74, 6) is 0.453. The number of carbonyl (C=O) groups excluding carboxylic acids is 1. The van der Waals surface area contributed by atoms with E-state index in [0.29, 0.717) is 15.9 Å². The predicted octanol–water partition coefficient (Wildman–Crippen LogP) is 2.64. The van der Waals surface area contributed by atoms with Crippen LogP contribution in [0.25, 0.3) is 0 Å². The zero-order valence-corrected chi connectivity index (χ0v) is 14.2. The maximum atomic E-state index is 12.5. The van der Waals surface area contributed by atoms with Crippen LogP contribution in [0.3, 0.4) is 0 Å². The van der Waals surface area contributed by atoms with Crippen LogP contribution < -0.4 is 5.56 Å². The van der Waals surface area contributed by atoms with E-state index in [4.69, 9.17) is 0 Å². The maximum absolute atomic E-state index is 12.5. The van der Waals surface area contributed by atoms with E-state index in [1.165, 1.54) is 10.8 Å². The number of nitrogens with zero attached hydrogens (tertiary/aromatic N) is 3. The van der Waals surface area contributed by atoms with E-state index in [9.17, 15) is 9.59 Å². The Balaban J connectivity index is 2.40. The number of hydrogen-bond acceptors (Lipinski definition) is 3. The highest BCUT2D eigenvalue weighted by molar-refractivity contribution is 9.10. The number of halogens is 1. The quantitative estimate of drug-likeness (QED) is 0.795.